The van der Waals surface area contributed by atoms with Crippen LogP contribution < -0.4 is 17.0 Å². The second kappa shape index (κ2) is 5.04. The molecule has 3 N–H and O–H groups in total. The molecule has 7 heteroatoms. The number of hydrogen-bond donors (Lipinski definition) is 2. The minimum absolute atomic E-state index is 0.0923. The van der Waals surface area contributed by atoms with Crippen LogP contribution in [0.25, 0.3) is 0 Å². The molecule has 2 rings (SSSR count). The van der Waals surface area contributed by atoms with E-state index in [1.165, 1.54) is 36.0 Å². The highest BCUT2D eigenvalue weighted by atomic mass is 16.4. The number of anilines is 1. The van der Waals surface area contributed by atoms with Crippen molar-refractivity contribution in [2.45, 2.75) is 6.54 Å². The minimum Gasteiger partial charge on any atom is -0.478 e. The van der Waals surface area contributed by atoms with Crippen molar-refractivity contribution in [3.05, 3.63) is 62.4 Å². The highest BCUT2D eigenvalue weighted by Crippen LogP contribution is 2.17. The summed E-state index contributed by atoms with van der Waals surface area (Å²) < 4.78 is 2.20. The molecule has 0 aliphatic heterocycles. The third-order valence-corrected chi connectivity index (χ3v) is 2.96. The zero-order valence-electron chi connectivity index (χ0n) is 10.7. The van der Waals surface area contributed by atoms with E-state index in [0.717, 1.165) is 4.57 Å². The lowest BCUT2D eigenvalue weighted by atomic mass is 10.1. The van der Waals surface area contributed by atoms with E-state index in [0.29, 0.717) is 5.56 Å². The summed E-state index contributed by atoms with van der Waals surface area (Å²) in [6, 6.07) is 5.81. The average Bonchev–Trinajstić information content (AvgIpc) is 2.39. The maximum absolute atomic E-state index is 11.9. The molecule has 0 bridgehead atoms. The fourth-order valence-corrected chi connectivity index (χ4v) is 1.94. The Balaban J connectivity index is 2.60. The van der Waals surface area contributed by atoms with E-state index in [-0.39, 0.29) is 17.8 Å². The Labute approximate surface area is 113 Å². The second-order valence-electron chi connectivity index (χ2n) is 4.32. The maximum atomic E-state index is 11.9. The molecule has 7 nitrogen and oxygen atoms in total. The number of aromatic nitrogens is 2. The van der Waals surface area contributed by atoms with Crippen LogP contribution in [0.5, 0.6) is 0 Å². The average molecular weight is 275 g/mol. The van der Waals surface area contributed by atoms with Gasteiger partial charge in [0, 0.05) is 25.0 Å². The first-order valence-electron chi connectivity index (χ1n) is 5.79. The van der Waals surface area contributed by atoms with Crippen LogP contribution in [-0.4, -0.2) is 20.2 Å². The van der Waals surface area contributed by atoms with Crippen LogP contribution in [0.15, 0.2) is 40.1 Å². The number of carboxylic acids is 1. The predicted molar refractivity (Wildman–Crippen MR) is 72.9 cm³/mol. The van der Waals surface area contributed by atoms with Gasteiger partial charge in [-0.05, 0) is 11.6 Å². The molecule has 0 saturated carbocycles. The lowest BCUT2D eigenvalue weighted by molar-refractivity contribution is 0.0696. The zero-order chi connectivity index (χ0) is 14.9. The summed E-state index contributed by atoms with van der Waals surface area (Å²) in [6.07, 6.45) is 1.36. The third-order valence-electron chi connectivity index (χ3n) is 2.96. The maximum Gasteiger partial charge on any atom is 0.338 e. The first-order valence-corrected chi connectivity index (χ1v) is 5.79. The van der Waals surface area contributed by atoms with Crippen LogP contribution in [-0.2, 0) is 13.6 Å². The van der Waals surface area contributed by atoms with E-state index in [1.54, 1.807) is 6.07 Å². The summed E-state index contributed by atoms with van der Waals surface area (Å²) >= 11 is 0. The molecule has 0 saturated heterocycles. The number of hydrogen-bond acceptors (Lipinski definition) is 4. The van der Waals surface area contributed by atoms with Gasteiger partial charge in [-0.1, -0.05) is 12.1 Å². The molecule has 0 fully saturated rings. The number of benzene rings is 1. The van der Waals surface area contributed by atoms with E-state index in [4.69, 9.17) is 10.8 Å². The van der Waals surface area contributed by atoms with Gasteiger partial charge in [-0.3, -0.25) is 9.36 Å². The topological polar surface area (TPSA) is 107 Å². The standard InChI is InChI=1S/C13H13N3O4/c1-15-6-5-10(17)16(13(15)20)7-8-3-2-4-9(14)11(8)12(18)19/h2-6H,7,14H2,1H3,(H,18,19). The highest BCUT2D eigenvalue weighted by Gasteiger charge is 2.15. The molecule has 0 spiro atoms. The molecule has 0 unspecified atom stereocenters. The van der Waals surface area contributed by atoms with Crippen molar-refractivity contribution in [2.75, 3.05) is 5.73 Å². The third kappa shape index (κ3) is 2.33. The molecule has 0 aliphatic carbocycles. The fraction of sp³-hybridized carbons (Fsp3) is 0.154. The first-order chi connectivity index (χ1) is 9.41. The Morgan fingerprint density at radius 1 is 1.30 bits per heavy atom. The van der Waals surface area contributed by atoms with Gasteiger partial charge in [0.15, 0.2) is 0 Å². The number of aromatic carboxylic acids is 1. The van der Waals surface area contributed by atoms with Crippen molar-refractivity contribution in [3.63, 3.8) is 0 Å². The van der Waals surface area contributed by atoms with Crippen molar-refractivity contribution in [1.29, 1.82) is 0 Å². The van der Waals surface area contributed by atoms with Crippen LogP contribution >= 0.6 is 0 Å². The van der Waals surface area contributed by atoms with E-state index in [9.17, 15) is 14.4 Å². The quantitative estimate of drug-likeness (QED) is 0.759. The molecule has 0 radical (unpaired) electrons. The van der Waals surface area contributed by atoms with E-state index < -0.39 is 17.2 Å². The Morgan fingerprint density at radius 3 is 2.65 bits per heavy atom. The van der Waals surface area contributed by atoms with Gasteiger partial charge in [0.2, 0.25) is 0 Å². The smallest absolute Gasteiger partial charge is 0.338 e. The Kier molecular flexibility index (Phi) is 3.43. The van der Waals surface area contributed by atoms with Gasteiger partial charge in [0.05, 0.1) is 12.1 Å². The van der Waals surface area contributed by atoms with Crippen LogP contribution in [0.1, 0.15) is 15.9 Å². The molecule has 0 atom stereocenters. The van der Waals surface area contributed by atoms with Crippen molar-refractivity contribution in [1.82, 2.24) is 9.13 Å². The number of rotatable bonds is 3. The van der Waals surface area contributed by atoms with Crippen molar-refractivity contribution in [3.8, 4) is 0 Å². The minimum atomic E-state index is -1.20. The second-order valence-corrected chi connectivity index (χ2v) is 4.32. The van der Waals surface area contributed by atoms with Crippen LogP contribution in [0.4, 0.5) is 5.69 Å². The number of aryl methyl sites for hydroxylation is 1. The lowest BCUT2D eigenvalue weighted by Gasteiger charge is -2.10. The molecule has 1 heterocycles. The first kappa shape index (κ1) is 13.6. The number of carboxylic acid groups (broad SMARTS) is 1. The molecule has 0 aliphatic rings. The van der Waals surface area contributed by atoms with Crippen molar-refractivity contribution < 1.29 is 9.90 Å². The summed E-state index contributed by atoms with van der Waals surface area (Å²) in [4.78, 5) is 34.9. The molecular formula is C13H13N3O4. The summed E-state index contributed by atoms with van der Waals surface area (Å²) in [5, 5.41) is 9.17. The highest BCUT2D eigenvalue weighted by molar-refractivity contribution is 5.95. The number of nitrogens with two attached hydrogens (primary N) is 1. The summed E-state index contributed by atoms with van der Waals surface area (Å²) in [5.74, 6) is -1.20. The molecule has 2 aromatic rings. The SMILES string of the molecule is Cn1ccc(=O)n(Cc2cccc(N)c2C(=O)O)c1=O. The molecule has 1 aromatic heterocycles. The van der Waals surface area contributed by atoms with Gasteiger partial charge in [-0.15, -0.1) is 0 Å². The van der Waals surface area contributed by atoms with Crippen LogP contribution in [0, 0.1) is 0 Å². The number of nitrogens with zero attached hydrogens (tertiary/aromatic N) is 2. The molecule has 0 amide bonds. The lowest BCUT2D eigenvalue weighted by Crippen LogP contribution is -2.38. The van der Waals surface area contributed by atoms with E-state index in [1.807, 2.05) is 0 Å². The molecule has 104 valence electrons. The van der Waals surface area contributed by atoms with Crippen LogP contribution in [0.2, 0.25) is 0 Å². The normalized spacial score (nSPS) is 10.4. The monoisotopic (exact) mass is 275 g/mol. The van der Waals surface area contributed by atoms with E-state index in [2.05, 4.69) is 0 Å². The number of carbonyl (C=O) groups is 1. The van der Waals surface area contributed by atoms with Gasteiger partial charge < -0.3 is 15.4 Å². The summed E-state index contributed by atoms with van der Waals surface area (Å²) in [6.45, 7) is -0.140. The largest absolute Gasteiger partial charge is 0.478 e. The fourth-order valence-electron chi connectivity index (χ4n) is 1.94. The summed E-state index contributed by atoms with van der Waals surface area (Å²) in [7, 11) is 1.51. The molecular weight excluding hydrogens is 262 g/mol. The predicted octanol–water partition coefficient (Wildman–Crippen LogP) is -0.124. The van der Waals surface area contributed by atoms with Gasteiger partial charge in [0.1, 0.15) is 0 Å². The Morgan fingerprint density at radius 2 is 2.00 bits per heavy atom. The van der Waals surface area contributed by atoms with Gasteiger partial charge >= 0.3 is 11.7 Å². The van der Waals surface area contributed by atoms with Gasteiger partial charge in [-0.25, -0.2) is 9.59 Å². The Bertz CT molecular complexity index is 789. The van der Waals surface area contributed by atoms with Gasteiger partial charge in [-0.2, -0.15) is 0 Å². The van der Waals surface area contributed by atoms with E-state index >= 15 is 0 Å². The van der Waals surface area contributed by atoms with Gasteiger partial charge in [0.25, 0.3) is 5.56 Å². The Hall–Kier alpha value is -2.83. The zero-order valence-corrected chi connectivity index (χ0v) is 10.7. The number of nitrogen functional groups attached to an aromatic ring is 1. The van der Waals surface area contributed by atoms with Crippen molar-refractivity contribution in [2.24, 2.45) is 7.05 Å². The molecule has 20 heavy (non-hydrogen) atoms. The summed E-state index contributed by atoms with van der Waals surface area (Å²) in [5.41, 5.74) is 4.93. The van der Waals surface area contributed by atoms with Crippen molar-refractivity contribution >= 4 is 11.7 Å². The molecule has 1 aromatic carbocycles. The van der Waals surface area contributed by atoms with Crippen LogP contribution in [0.3, 0.4) is 0 Å².